The average molecular weight is 551 g/mol. The smallest absolute Gasteiger partial charge is 0.254 e. The summed E-state index contributed by atoms with van der Waals surface area (Å²) >= 11 is 3.46. The van der Waals surface area contributed by atoms with Gasteiger partial charge in [0.05, 0.1) is 6.54 Å². The number of hydrogen-bond acceptors (Lipinski definition) is 2. The normalized spacial score (nSPS) is 14.1. The van der Waals surface area contributed by atoms with Crippen LogP contribution in [0, 0.1) is 0 Å². The first kappa shape index (κ1) is 26.2. The Balaban J connectivity index is 1.55. The van der Waals surface area contributed by atoms with Gasteiger partial charge in [0.25, 0.3) is 5.91 Å². The monoisotopic (exact) mass is 549 g/mol. The lowest BCUT2D eigenvalue weighted by molar-refractivity contribution is -0.136. The van der Waals surface area contributed by atoms with E-state index in [1.807, 2.05) is 49.1 Å². The van der Waals surface area contributed by atoms with E-state index < -0.39 is 0 Å². The number of amides is 2. The van der Waals surface area contributed by atoms with E-state index >= 15 is 0 Å². The molecule has 6 heteroatoms. The van der Waals surface area contributed by atoms with Gasteiger partial charge in [-0.25, -0.2) is 0 Å². The number of carbonyl (C=O) groups excluding carboxylic acids is 2. The van der Waals surface area contributed by atoms with E-state index in [1.54, 1.807) is 4.90 Å². The molecular weight excluding hydrogens is 514 g/mol. The Bertz CT molecular complexity index is 1150. The lowest BCUT2D eigenvalue weighted by atomic mass is 9.94. The molecule has 0 bridgehead atoms. The summed E-state index contributed by atoms with van der Waals surface area (Å²) in [6.45, 7) is 5.35. The fourth-order valence-corrected chi connectivity index (χ4v) is 5.43. The molecule has 4 rings (SSSR count). The molecule has 1 heterocycles. The van der Waals surface area contributed by atoms with Crippen LogP contribution in [0.25, 0.3) is 0 Å². The van der Waals surface area contributed by atoms with Gasteiger partial charge >= 0.3 is 0 Å². The first-order valence-electron chi connectivity index (χ1n) is 13.0. The van der Waals surface area contributed by atoms with Gasteiger partial charge in [-0.1, -0.05) is 71.6 Å². The number of benzene rings is 2. The van der Waals surface area contributed by atoms with Crippen molar-refractivity contribution in [2.75, 3.05) is 6.54 Å². The molecular formula is C30H36BrN3O2. The summed E-state index contributed by atoms with van der Waals surface area (Å²) in [6.07, 6.45) is 7.64. The standard InChI is InChI=1S/C30H36BrN3O2/c1-23(2)33(30(36)25-13-9-14-26(31)19-25)22-29(35)34(27-15-7-4-8-16-27)21-28-17-10-18-32(28)20-24-11-5-3-6-12-24/h3,5-6,9-14,17-19,23,27H,4,7-8,15-16,20-22H2,1-2H3. The number of aromatic nitrogens is 1. The topological polar surface area (TPSA) is 45.6 Å². The van der Waals surface area contributed by atoms with Crippen molar-refractivity contribution in [1.29, 1.82) is 0 Å². The highest BCUT2D eigenvalue weighted by Gasteiger charge is 2.30. The first-order valence-corrected chi connectivity index (χ1v) is 13.8. The fourth-order valence-electron chi connectivity index (χ4n) is 5.03. The number of rotatable bonds is 9. The van der Waals surface area contributed by atoms with Crippen LogP contribution in [-0.4, -0.2) is 44.8 Å². The zero-order valence-corrected chi connectivity index (χ0v) is 22.9. The van der Waals surface area contributed by atoms with Gasteiger partial charge in [0.15, 0.2) is 0 Å². The summed E-state index contributed by atoms with van der Waals surface area (Å²) in [5.74, 6) is -0.0953. The molecule has 0 saturated heterocycles. The molecule has 1 aliphatic carbocycles. The summed E-state index contributed by atoms with van der Waals surface area (Å²) < 4.78 is 3.08. The second-order valence-electron chi connectivity index (χ2n) is 9.96. The van der Waals surface area contributed by atoms with E-state index in [0.29, 0.717) is 12.1 Å². The maximum Gasteiger partial charge on any atom is 0.254 e. The van der Waals surface area contributed by atoms with Crippen LogP contribution in [0.1, 0.15) is 67.6 Å². The molecule has 5 nitrogen and oxygen atoms in total. The van der Waals surface area contributed by atoms with Gasteiger partial charge in [0.1, 0.15) is 6.54 Å². The Morgan fingerprint density at radius 2 is 1.72 bits per heavy atom. The summed E-state index contributed by atoms with van der Waals surface area (Å²) in [5, 5.41) is 0. The van der Waals surface area contributed by atoms with Crippen molar-refractivity contribution in [2.24, 2.45) is 0 Å². The lowest BCUT2D eigenvalue weighted by Gasteiger charge is -2.37. The molecule has 1 saturated carbocycles. The molecule has 190 valence electrons. The Kier molecular flexibility index (Phi) is 9.03. The summed E-state index contributed by atoms with van der Waals surface area (Å²) in [7, 11) is 0. The van der Waals surface area contributed by atoms with Crippen LogP contribution in [-0.2, 0) is 17.9 Å². The molecule has 0 aliphatic heterocycles. The minimum absolute atomic E-state index is 0.0198. The highest BCUT2D eigenvalue weighted by molar-refractivity contribution is 9.10. The maximum atomic E-state index is 13.9. The third kappa shape index (κ3) is 6.67. The Hall–Kier alpha value is -2.86. The van der Waals surface area contributed by atoms with E-state index in [0.717, 1.165) is 42.4 Å². The van der Waals surface area contributed by atoms with Crippen LogP contribution in [0.2, 0.25) is 0 Å². The second kappa shape index (κ2) is 12.4. The van der Waals surface area contributed by atoms with Crippen LogP contribution < -0.4 is 0 Å². The van der Waals surface area contributed by atoms with Gasteiger partial charge in [-0.05, 0) is 62.6 Å². The van der Waals surface area contributed by atoms with Gasteiger partial charge in [0, 0.05) is 40.6 Å². The van der Waals surface area contributed by atoms with Gasteiger partial charge in [-0.3, -0.25) is 9.59 Å². The van der Waals surface area contributed by atoms with Crippen LogP contribution in [0.5, 0.6) is 0 Å². The van der Waals surface area contributed by atoms with E-state index in [-0.39, 0.29) is 30.4 Å². The molecule has 0 radical (unpaired) electrons. The van der Waals surface area contributed by atoms with E-state index in [9.17, 15) is 9.59 Å². The molecule has 1 aromatic heterocycles. The van der Waals surface area contributed by atoms with Gasteiger partial charge < -0.3 is 14.4 Å². The Morgan fingerprint density at radius 1 is 0.972 bits per heavy atom. The molecule has 0 spiro atoms. The quantitative estimate of drug-likeness (QED) is 0.305. The van der Waals surface area contributed by atoms with E-state index in [2.05, 4.69) is 63.1 Å². The predicted molar refractivity (Wildman–Crippen MR) is 148 cm³/mol. The molecule has 0 unspecified atom stereocenters. The largest absolute Gasteiger partial charge is 0.345 e. The van der Waals surface area contributed by atoms with Crippen LogP contribution >= 0.6 is 15.9 Å². The van der Waals surface area contributed by atoms with E-state index in [4.69, 9.17) is 0 Å². The van der Waals surface area contributed by atoms with Crippen LogP contribution in [0.4, 0.5) is 0 Å². The zero-order chi connectivity index (χ0) is 25.5. The molecule has 1 fully saturated rings. The third-order valence-corrected chi connectivity index (χ3v) is 7.54. The maximum absolute atomic E-state index is 13.9. The molecule has 2 amide bonds. The first-order chi connectivity index (χ1) is 17.4. The minimum atomic E-state index is -0.115. The SMILES string of the molecule is CC(C)N(CC(=O)N(Cc1cccn1Cc1ccccc1)C1CCCCC1)C(=O)c1cccc(Br)c1. The number of nitrogens with zero attached hydrogens (tertiary/aromatic N) is 3. The van der Waals surface area contributed by atoms with Crippen molar-refractivity contribution in [3.05, 3.63) is 94.2 Å². The molecule has 36 heavy (non-hydrogen) atoms. The fraction of sp³-hybridized carbons (Fsp3) is 0.400. The summed E-state index contributed by atoms with van der Waals surface area (Å²) in [6, 6.07) is 22.1. The van der Waals surface area contributed by atoms with Crippen molar-refractivity contribution >= 4 is 27.7 Å². The lowest BCUT2D eigenvalue weighted by Crippen LogP contribution is -2.49. The average Bonchev–Trinajstić information content (AvgIpc) is 3.32. The number of halogens is 1. The van der Waals surface area contributed by atoms with E-state index in [1.165, 1.54) is 12.0 Å². The van der Waals surface area contributed by atoms with Crippen molar-refractivity contribution < 1.29 is 9.59 Å². The number of hydrogen-bond donors (Lipinski definition) is 0. The van der Waals surface area contributed by atoms with Gasteiger partial charge in [-0.15, -0.1) is 0 Å². The minimum Gasteiger partial charge on any atom is -0.345 e. The Morgan fingerprint density at radius 3 is 2.42 bits per heavy atom. The third-order valence-electron chi connectivity index (χ3n) is 7.05. The summed E-state index contributed by atoms with van der Waals surface area (Å²) in [4.78, 5) is 31.0. The van der Waals surface area contributed by atoms with Crippen LogP contribution in [0.15, 0.2) is 77.4 Å². The zero-order valence-electron chi connectivity index (χ0n) is 21.3. The molecule has 0 N–H and O–H groups in total. The van der Waals surface area contributed by atoms with Crippen molar-refractivity contribution in [2.45, 2.75) is 71.1 Å². The predicted octanol–water partition coefficient (Wildman–Crippen LogP) is 6.51. The van der Waals surface area contributed by atoms with Gasteiger partial charge in [-0.2, -0.15) is 0 Å². The summed E-state index contributed by atoms with van der Waals surface area (Å²) in [5.41, 5.74) is 2.94. The van der Waals surface area contributed by atoms with Crippen molar-refractivity contribution in [3.8, 4) is 0 Å². The van der Waals surface area contributed by atoms with Crippen molar-refractivity contribution in [1.82, 2.24) is 14.4 Å². The Labute approximate surface area is 223 Å². The molecule has 3 aromatic rings. The molecule has 1 aliphatic rings. The van der Waals surface area contributed by atoms with Gasteiger partial charge in [0.2, 0.25) is 5.91 Å². The van der Waals surface area contributed by atoms with Crippen molar-refractivity contribution in [3.63, 3.8) is 0 Å². The molecule has 2 aromatic carbocycles. The second-order valence-corrected chi connectivity index (χ2v) is 10.9. The molecule has 0 atom stereocenters. The highest BCUT2D eigenvalue weighted by Crippen LogP contribution is 2.25. The van der Waals surface area contributed by atoms with Crippen LogP contribution in [0.3, 0.4) is 0 Å². The highest BCUT2D eigenvalue weighted by atomic mass is 79.9. The number of carbonyl (C=O) groups is 2.